The average Bonchev–Trinajstić information content (AvgIpc) is 0.914. The van der Waals surface area contributed by atoms with Crippen LogP contribution in [0.4, 0.5) is 0 Å². The summed E-state index contributed by atoms with van der Waals surface area (Å²) < 4.78 is 69.0. The van der Waals surface area contributed by atoms with Crippen molar-refractivity contribution in [3.63, 3.8) is 0 Å². The van der Waals surface area contributed by atoms with Gasteiger partial charge in [0.05, 0.1) is 26.4 Å². The fourth-order valence-corrected chi connectivity index (χ4v) is 14.9. The topological polar surface area (TPSA) is 237 Å². The Morgan fingerprint density at radius 2 is 0.486 bits per heavy atom. The molecule has 19 heteroatoms. The van der Waals surface area contributed by atoms with Gasteiger partial charge in [-0.2, -0.15) is 0 Å². The summed E-state index contributed by atoms with van der Waals surface area (Å²) in [7, 11) is -9.93. The summed E-state index contributed by atoms with van der Waals surface area (Å²) in [6.45, 7) is 12.1. The lowest BCUT2D eigenvalue weighted by Crippen LogP contribution is -2.30. The van der Waals surface area contributed by atoms with Crippen molar-refractivity contribution >= 4 is 39.5 Å². The van der Waals surface area contributed by atoms with Crippen LogP contribution in [0.1, 0.15) is 453 Å². The number of phosphoric ester groups is 2. The summed E-state index contributed by atoms with van der Waals surface area (Å²) in [5, 5.41) is 10.7. The molecule has 0 aromatic carbocycles. The molecule has 6 atom stereocenters. The predicted octanol–water partition coefficient (Wildman–Crippen LogP) is 26.1. The standard InChI is InChI=1S/C86H168O17P2/c1-8-10-11-12-13-14-15-22-32-39-46-53-60-67-83(88)96-73-81(102-85(90)69-62-55-48-41-34-27-20-17-24-30-37-44-51-58-65-78(5)6)75-100-104(92,93)98-71-80(87)72-99-105(94,95)101-76-82(74-97-84(89)68-61-54-47-40-33-26-19-16-23-29-36-43-50-57-64-77(3)4)103-86(91)70-63-56-49-42-35-28-21-18-25-31-38-45-52-59-66-79(7)9-2/h77-82,87H,8-76H2,1-7H3,(H,92,93)(H,94,95)/t79?,80-,81+,82+/m0/s1. The van der Waals surface area contributed by atoms with Crippen molar-refractivity contribution in [2.75, 3.05) is 39.6 Å². The van der Waals surface area contributed by atoms with Gasteiger partial charge in [-0.25, -0.2) is 9.13 Å². The van der Waals surface area contributed by atoms with Crippen LogP contribution in [0.5, 0.6) is 0 Å². The van der Waals surface area contributed by atoms with Crippen LogP contribution in [0.3, 0.4) is 0 Å². The van der Waals surface area contributed by atoms with Gasteiger partial charge in [0.25, 0.3) is 0 Å². The van der Waals surface area contributed by atoms with Crippen LogP contribution >= 0.6 is 15.6 Å². The second-order valence-electron chi connectivity index (χ2n) is 32.1. The molecule has 3 N–H and O–H groups in total. The second kappa shape index (κ2) is 76.1. The maximum Gasteiger partial charge on any atom is 0.472 e. The maximum absolute atomic E-state index is 13.1. The highest BCUT2D eigenvalue weighted by Crippen LogP contribution is 2.45. The van der Waals surface area contributed by atoms with Crippen LogP contribution in [-0.4, -0.2) is 96.7 Å². The van der Waals surface area contributed by atoms with Crippen LogP contribution < -0.4 is 0 Å². The Labute approximate surface area is 645 Å². The van der Waals surface area contributed by atoms with Crippen molar-refractivity contribution in [3.05, 3.63) is 0 Å². The molecule has 0 bridgehead atoms. The number of esters is 4. The zero-order valence-electron chi connectivity index (χ0n) is 69.2. The summed E-state index contributed by atoms with van der Waals surface area (Å²) in [5.74, 6) is 0.339. The Morgan fingerprint density at radius 3 is 0.724 bits per heavy atom. The molecule has 0 rings (SSSR count). The SMILES string of the molecule is CCCCCCCCCCCCCCCC(=O)OC[C@H](COP(=O)(O)OC[C@H](O)COP(=O)(O)OC[C@@H](COC(=O)CCCCCCCCCCCCCCCCC(C)C)OC(=O)CCCCCCCCCCCCCCCCC(C)CC)OC(=O)CCCCCCCCCCCCCCCCC(C)C. The highest BCUT2D eigenvalue weighted by Gasteiger charge is 2.30. The van der Waals surface area contributed by atoms with Gasteiger partial charge < -0.3 is 33.8 Å². The van der Waals surface area contributed by atoms with E-state index in [-0.39, 0.29) is 25.7 Å². The summed E-state index contributed by atoms with van der Waals surface area (Å²) in [4.78, 5) is 73.3. The van der Waals surface area contributed by atoms with Crippen molar-refractivity contribution in [2.45, 2.75) is 471 Å². The van der Waals surface area contributed by atoms with Gasteiger partial charge in [-0.05, 0) is 43.4 Å². The number of aliphatic hydroxyl groups is 1. The molecule has 105 heavy (non-hydrogen) atoms. The lowest BCUT2D eigenvalue weighted by atomic mass is 9.99. The van der Waals surface area contributed by atoms with Gasteiger partial charge in [-0.1, -0.05) is 402 Å². The van der Waals surface area contributed by atoms with E-state index >= 15 is 0 Å². The van der Waals surface area contributed by atoms with Gasteiger partial charge in [0.15, 0.2) is 12.2 Å². The lowest BCUT2D eigenvalue weighted by Gasteiger charge is -2.21. The summed E-state index contributed by atoms with van der Waals surface area (Å²) in [6, 6.07) is 0. The van der Waals surface area contributed by atoms with E-state index in [2.05, 4.69) is 48.5 Å². The molecule has 0 fully saturated rings. The van der Waals surface area contributed by atoms with Crippen LogP contribution in [-0.2, 0) is 65.4 Å². The minimum Gasteiger partial charge on any atom is -0.462 e. The molecule has 0 aliphatic rings. The lowest BCUT2D eigenvalue weighted by molar-refractivity contribution is -0.161. The number of aliphatic hydroxyl groups excluding tert-OH is 1. The van der Waals surface area contributed by atoms with Gasteiger partial charge in [-0.3, -0.25) is 37.3 Å². The van der Waals surface area contributed by atoms with E-state index < -0.39 is 97.5 Å². The first-order valence-corrected chi connectivity index (χ1v) is 47.4. The molecule has 0 aromatic rings. The number of carbonyl (C=O) groups is 4. The Kier molecular flexibility index (Phi) is 74.7. The number of hydrogen-bond donors (Lipinski definition) is 3. The van der Waals surface area contributed by atoms with Crippen LogP contribution in [0.25, 0.3) is 0 Å². The zero-order chi connectivity index (χ0) is 77.2. The number of ether oxygens (including phenoxy) is 4. The third kappa shape index (κ3) is 78.5. The smallest absolute Gasteiger partial charge is 0.462 e. The number of phosphoric acid groups is 2. The van der Waals surface area contributed by atoms with Gasteiger partial charge in [0, 0.05) is 25.7 Å². The third-order valence-electron chi connectivity index (χ3n) is 20.5. The molecule has 624 valence electrons. The first-order chi connectivity index (χ1) is 50.8. The van der Waals surface area contributed by atoms with Crippen LogP contribution in [0.15, 0.2) is 0 Å². The van der Waals surface area contributed by atoms with Gasteiger partial charge in [-0.15, -0.1) is 0 Å². The first kappa shape index (κ1) is 103. The highest BCUT2D eigenvalue weighted by molar-refractivity contribution is 7.47. The van der Waals surface area contributed by atoms with E-state index in [0.717, 1.165) is 108 Å². The number of rotatable bonds is 84. The monoisotopic (exact) mass is 1540 g/mol. The number of carbonyl (C=O) groups excluding carboxylic acids is 4. The van der Waals surface area contributed by atoms with E-state index in [1.54, 1.807) is 0 Å². The van der Waals surface area contributed by atoms with Crippen LogP contribution in [0, 0.1) is 17.8 Å². The van der Waals surface area contributed by atoms with Gasteiger partial charge >= 0.3 is 39.5 Å². The van der Waals surface area contributed by atoms with Crippen molar-refractivity contribution in [1.82, 2.24) is 0 Å². The summed E-state index contributed by atoms with van der Waals surface area (Å²) in [6.07, 6.45) is 66.4. The maximum atomic E-state index is 13.1. The second-order valence-corrected chi connectivity index (χ2v) is 35.0. The fourth-order valence-electron chi connectivity index (χ4n) is 13.3. The van der Waals surface area contributed by atoms with E-state index in [9.17, 15) is 43.2 Å². The summed E-state index contributed by atoms with van der Waals surface area (Å²) in [5.41, 5.74) is 0. The third-order valence-corrected chi connectivity index (χ3v) is 22.4. The van der Waals surface area contributed by atoms with Crippen molar-refractivity contribution in [1.29, 1.82) is 0 Å². The van der Waals surface area contributed by atoms with E-state index in [1.165, 1.54) is 263 Å². The normalized spacial score (nSPS) is 14.1. The van der Waals surface area contributed by atoms with E-state index in [1.807, 2.05) is 0 Å². The molecule has 0 aliphatic carbocycles. The number of unbranched alkanes of at least 4 members (excludes halogenated alkanes) is 51. The first-order valence-electron chi connectivity index (χ1n) is 44.4. The van der Waals surface area contributed by atoms with Crippen molar-refractivity contribution in [2.24, 2.45) is 17.8 Å². The molecule has 0 spiro atoms. The summed E-state index contributed by atoms with van der Waals surface area (Å²) >= 11 is 0. The number of hydrogen-bond acceptors (Lipinski definition) is 15. The zero-order valence-corrected chi connectivity index (χ0v) is 71.0. The Morgan fingerprint density at radius 1 is 0.276 bits per heavy atom. The Hall–Kier alpha value is -1.94. The molecule has 0 aromatic heterocycles. The minimum absolute atomic E-state index is 0.108. The van der Waals surface area contributed by atoms with Crippen molar-refractivity contribution in [3.8, 4) is 0 Å². The average molecular weight is 1540 g/mol. The largest absolute Gasteiger partial charge is 0.472 e. The Balaban J connectivity index is 5.28. The highest BCUT2D eigenvalue weighted by atomic mass is 31.2. The molecular formula is C86H168O17P2. The fraction of sp³-hybridized carbons (Fsp3) is 0.953. The molecule has 0 saturated heterocycles. The molecule has 0 saturated carbocycles. The van der Waals surface area contributed by atoms with Gasteiger partial charge in [0.2, 0.25) is 0 Å². The molecular weight excluding hydrogens is 1370 g/mol. The van der Waals surface area contributed by atoms with E-state index in [0.29, 0.717) is 25.7 Å². The van der Waals surface area contributed by atoms with Gasteiger partial charge in [0.1, 0.15) is 19.3 Å². The molecule has 3 unspecified atom stereocenters. The molecule has 0 aliphatic heterocycles. The van der Waals surface area contributed by atoms with Crippen LogP contribution in [0.2, 0.25) is 0 Å². The minimum atomic E-state index is -4.97. The molecule has 0 heterocycles. The Bertz CT molecular complexity index is 2030. The quantitative estimate of drug-likeness (QED) is 0.0222. The van der Waals surface area contributed by atoms with Crippen molar-refractivity contribution < 1.29 is 80.2 Å². The predicted molar refractivity (Wildman–Crippen MR) is 432 cm³/mol. The van der Waals surface area contributed by atoms with E-state index in [4.69, 9.17) is 37.0 Å². The molecule has 17 nitrogen and oxygen atoms in total. The molecule has 0 radical (unpaired) electrons. The molecule has 0 amide bonds.